The molecule has 0 spiro atoms. The molecule has 0 saturated heterocycles. The molecule has 328 valence electrons. The van der Waals surface area contributed by atoms with E-state index in [2.05, 4.69) is 92.1 Å². The molecule has 57 heavy (non-hydrogen) atoms. The predicted molar refractivity (Wildman–Crippen MR) is 238 cm³/mol. The Bertz CT molecular complexity index is 1160. The standard InChI is InChI=1S/C47H82NO8P/c1-3-5-7-9-11-13-15-17-19-21-22-24-26-28-30-32-34-36-38-40-47(51)54-43-45(49)44-56-57(52,53)55-42-41-48-46(50)39-37-35-33-31-29-27-25-23-20-18-16-14-12-10-8-6-4-2/h6,8,12,14,17-20,25,27,31,33,45,49H,3-5,7,9-11,13,15-16,21-24,26,28-30,32,34-44H2,1-2H3,(H,48,50)(H,52,53)/b8-6-,14-12-,19-17+,20-18-,27-25-,33-31-. The van der Waals surface area contributed by atoms with Crippen LogP contribution in [-0.4, -0.2) is 54.3 Å². The molecule has 0 aromatic rings. The number of esters is 1. The predicted octanol–water partition coefficient (Wildman–Crippen LogP) is 12.7. The molecule has 0 aliphatic rings. The third-order valence-corrected chi connectivity index (χ3v) is 10.1. The Kier molecular flexibility index (Phi) is 41.1. The number of carbonyl (C=O) groups excluding carboxylic acids is 2. The van der Waals surface area contributed by atoms with Crippen molar-refractivity contribution in [3.63, 3.8) is 0 Å². The molecule has 0 aromatic heterocycles. The molecule has 0 fully saturated rings. The number of hydrogen-bond acceptors (Lipinski definition) is 7. The Morgan fingerprint density at radius 2 is 1.02 bits per heavy atom. The van der Waals surface area contributed by atoms with Crippen molar-refractivity contribution >= 4 is 19.7 Å². The van der Waals surface area contributed by atoms with Crippen LogP contribution in [0.4, 0.5) is 0 Å². The van der Waals surface area contributed by atoms with Crippen LogP contribution in [-0.2, 0) is 27.9 Å². The van der Waals surface area contributed by atoms with E-state index in [9.17, 15) is 24.2 Å². The van der Waals surface area contributed by atoms with Gasteiger partial charge in [0.05, 0.1) is 13.2 Å². The van der Waals surface area contributed by atoms with E-state index in [-0.39, 0.29) is 32.1 Å². The summed E-state index contributed by atoms with van der Waals surface area (Å²) in [4.78, 5) is 33.9. The lowest BCUT2D eigenvalue weighted by atomic mass is 10.1. The topological polar surface area (TPSA) is 131 Å². The van der Waals surface area contributed by atoms with Crippen molar-refractivity contribution < 1.29 is 37.9 Å². The van der Waals surface area contributed by atoms with Gasteiger partial charge in [0.1, 0.15) is 12.7 Å². The molecule has 0 aromatic carbocycles. The van der Waals surface area contributed by atoms with Crippen LogP contribution in [0, 0.1) is 0 Å². The molecule has 1 amide bonds. The van der Waals surface area contributed by atoms with Crippen molar-refractivity contribution in [2.45, 2.75) is 187 Å². The quantitative estimate of drug-likeness (QED) is 0.0240. The van der Waals surface area contributed by atoms with Gasteiger partial charge in [-0.15, -0.1) is 0 Å². The number of hydrogen-bond donors (Lipinski definition) is 3. The molecular formula is C47H82NO8P. The molecule has 0 bridgehead atoms. The maximum atomic E-state index is 12.1. The number of allylic oxidation sites excluding steroid dienone is 12. The number of nitrogens with one attached hydrogen (secondary N) is 1. The summed E-state index contributed by atoms with van der Waals surface area (Å²) in [5, 5.41) is 12.7. The highest BCUT2D eigenvalue weighted by molar-refractivity contribution is 7.47. The summed E-state index contributed by atoms with van der Waals surface area (Å²) in [6.07, 6.45) is 52.7. The van der Waals surface area contributed by atoms with Crippen LogP contribution >= 0.6 is 7.82 Å². The van der Waals surface area contributed by atoms with Crippen molar-refractivity contribution in [1.29, 1.82) is 0 Å². The average molecular weight is 820 g/mol. The van der Waals surface area contributed by atoms with Crippen LogP contribution in [0.1, 0.15) is 181 Å². The van der Waals surface area contributed by atoms with Crippen molar-refractivity contribution in [2.24, 2.45) is 0 Å². The second-order valence-electron chi connectivity index (χ2n) is 14.6. The highest BCUT2D eigenvalue weighted by atomic mass is 31.2. The minimum absolute atomic E-state index is 0.0477. The molecule has 0 aliphatic heterocycles. The van der Waals surface area contributed by atoms with Gasteiger partial charge in [-0.25, -0.2) is 4.57 Å². The normalized spacial score (nSPS) is 14.0. The molecule has 10 heteroatoms. The number of phosphoric ester groups is 1. The monoisotopic (exact) mass is 820 g/mol. The SMILES string of the molecule is CC/C=C\C/C=C\C/C=C\C/C=C\C/C=C\CCCC(=O)NCCOP(=O)(O)OCC(O)COC(=O)CCCCCCCCCCC/C=C/CCCCCCCC. The molecule has 9 nitrogen and oxygen atoms in total. The van der Waals surface area contributed by atoms with Crippen molar-refractivity contribution in [3.05, 3.63) is 72.9 Å². The number of ether oxygens (including phenoxy) is 1. The Labute approximate surface area is 348 Å². The molecule has 0 aliphatic carbocycles. The molecule has 0 radical (unpaired) electrons. The number of aliphatic hydroxyl groups is 1. The van der Waals surface area contributed by atoms with Crippen LogP contribution in [0.3, 0.4) is 0 Å². The lowest BCUT2D eigenvalue weighted by Crippen LogP contribution is -2.27. The molecule has 2 atom stereocenters. The summed E-state index contributed by atoms with van der Waals surface area (Å²) < 4.78 is 26.9. The van der Waals surface area contributed by atoms with Gasteiger partial charge < -0.3 is 20.1 Å². The third-order valence-electron chi connectivity index (χ3n) is 9.12. The molecule has 0 rings (SSSR count). The number of phosphoric acid groups is 1. The minimum atomic E-state index is -4.44. The Morgan fingerprint density at radius 1 is 0.561 bits per heavy atom. The van der Waals surface area contributed by atoms with Gasteiger partial charge in [0, 0.05) is 19.4 Å². The van der Waals surface area contributed by atoms with E-state index in [0.717, 1.165) is 57.8 Å². The third kappa shape index (κ3) is 44.4. The first-order valence-electron chi connectivity index (χ1n) is 22.4. The average Bonchev–Trinajstić information content (AvgIpc) is 3.20. The zero-order valence-corrected chi connectivity index (χ0v) is 36.9. The van der Waals surface area contributed by atoms with E-state index in [1.54, 1.807) is 0 Å². The van der Waals surface area contributed by atoms with Gasteiger partial charge in [-0.1, -0.05) is 164 Å². The van der Waals surface area contributed by atoms with E-state index in [1.165, 1.54) is 89.9 Å². The zero-order chi connectivity index (χ0) is 41.8. The first-order valence-corrected chi connectivity index (χ1v) is 23.9. The van der Waals surface area contributed by atoms with E-state index in [4.69, 9.17) is 13.8 Å². The second kappa shape index (κ2) is 43.0. The smallest absolute Gasteiger partial charge is 0.463 e. The fourth-order valence-corrected chi connectivity index (χ4v) is 6.52. The van der Waals surface area contributed by atoms with Gasteiger partial charge in [0.2, 0.25) is 5.91 Å². The highest BCUT2D eigenvalue weighted by Gasteiger charge is 2.23. The maximum Gasteiger partial charge on any atom is 0.472 e. The zero-order valence-electron chi connectivity index (χ0n) is 36.0. The first kappa shape index (κ1) is 54.5. The lowest BCUT2D eigenvalue weighted by molar-refractivity contribution is -0.147. The van der Waals surface area contributed by atoms with Crippen molar-refractivity contribution in [1.82, 2.24) is 5.32 Å². The van der Waals surface area contributed by atoms with Gasteiger partial charge in [0.15, 0.2) is 0 Å². The van der Waals surface area contributed by atoms with Crippen molar-refractivity contribution in [2.75, 3.05) is 26.4 Å². The van der Waals surface area contributed by atoms with Crippen LogP contribution < -0.4 is 5.32 Å². The van der Waals surface area contributed by atoms with E-state index in [1.807, 2.05) is 0 Å². The summed E-state index contributed by atoms with van der Waals surface area (Å²) in [5.74, 6) is -0.581. The lowest BCUT2D eigenvalue weighted by Gasteiger charge is -2.15. The van der Waals surface area contributed by atoms with Gasteiger partial charge in [0.25, 0.3) is 0 Å². The fraction of sp³-hybridized carbons (Fsp3) is 0.702. The second-order valence-corrected chi connectivity index (χ2v) is 16.1. The van der Waals surface area contributed by atoms with Crippen molar-refractivity contribution in [3.8, 4) is 0 Å². The summed E-state index contributed by atoms with van der Waals surface area (Å²) in [6, 6.07) is 0. The highest BCUT2D eigenvalue weighted by Crippen LogP contribution is 2.42. The van der Waals surface area contributed by atoms with Gasteiger partial charge in [-0.2, -0.15) is 0 Å². The van der Waals surface area contributed by atoms with Crippen LogP contribution in [0.15, 0.2) is 72.9 Å². The van der Waals surface area contributed by atoms with Gasteiger partial charge in [-0.3, -0.25) is 18.6 Å². The molecule has 2 unspecified atom stereocenters. The Balaban J connectivity index is 3.67. The summed E-state index contributed by atoms with van der Waals surface area (Å²) in [5.41, 5.74) is 0. The maximum absolute atomic E-state index is 12.1. The van der Waals surface area contributed by atoms with E-state index in [0.29, 0.717) is 12.8 Å². The van der Waals surface area contributed by atoms with Crippen LogP contribution in [0.5, 0.6) is 0 Å². The largest absolute Gasteiger partial charge is 0.472 e. The molecular weight excluding hydrogens is 737 g/mol. The van der Waals surface area contributed by atoms with E-state index < -0.39 is 26.5 Å². The minimum Gasteiger partial charge on any atom is -0.463 e. The van der Waals surface area contributed by atoms with Gasteiger partial charge >= 0.3 is 13.8 Å². The van der Waals surface area contributed by atoms with Crippen LogP contribution in [0.25, 0.3) is 0 Å². The number of carbonyl (C=O) groups is 2. The fourth-order valence-electron chi connectivity index (χ4n) is 5.76. The Hall–Kier alpha value is -2.55. The Morgan fingerprint density at radius 3 is 1.56 bits per heavy atom. The number of amides is 1. The summed E-state index contributed by atoms with van der Waals surface area (Å²) in [6.45, 7) is 3.36. The molecule has 0 saturated carbocycles. The van der Waals surface area contributed by atoms with Crippen LogP contribution in [0.2, 0.25) is 0 Å². The molecule has 0 heterocycles. The number of rotatable bonds is 41. The number of unbranched alkanes of at least 4 members (excludes halogenated alkanes) is 16. The van der Waals surface area contributed by atoms with Gasteiger partial charge in [-0.05, 0) is 77.0 Å². The van der Waals surface area contributed by atoms with E-state index >= 15 is 0 Å². The summed E-state index contributed by atoms with van der Waals surface area (Å²) in [7, 11) is -4.44. The molecule has 3 N–H and O–H groups in total. The first-order chi connectivity index (χ1) is 27.8. The summed E-state index contributed by atoms with van der Waals surface area (Å²) >= 11 is 0. The number of aliphatic hydroxyl groups excluding tert-OH is 1.